The van der Waals surface area contributed by atoms with Gasteiger partial charge in [-0.25, -0.2) is 0 Å². The third kappa shape index (κ3) is 3.36. The predicted octanol–water partition coefficient (Wildman–Crippen LogP) is 4.31. The predicted molar refractivity (Wildman–Crippen MR) is 98.6 cm³/mol. The minimum absolute atomic E-state index is 0.0365. The Morgan fingerprint density at radius 2 is 1.75 bits per heavy atom. The summed E-state index contributed by atoms with van der Waals surface area (Å²) in [5.74, 6) is -0.113. The Labute approximate surface area is 146 Å². The molecule has 1 aromatic carbocycles. The van der Waals surface area contributed by atoms with Gasteiger partial charge in [-0.3, -0.25) is 9.59 Å². The summed E-state index contributed by atoms with van der Waals surface area (Å²) < 4.78 is 0. The Balaban J connectivity index is 2.04. The highest BCUT2D eigenvalue weighted by molar-refractivity contribution is 7.20. The molecule has 0 radical (unpaired) electrons. The topological polar surface area (TPSA) is 49.4 Å². The molecule has 2 heterocycles. The van der Waals surface area contributed by atoms with Gasteiger partial charge < -0.3 is 10.2 Å². The van der Waals surface area contributed by atoms with E-state index in [1.807, 2.05) is 42.2 Å². The quantitative estimate of drug-likeness (QED) is 0.904. The van der Waals surface area contributed by atoms with Crippen molar-refractivity contribution in [3.63, 3.8) is 0 Å². The fraction of sp³-hybridized carbons (Fsp3) is 0.368. The maximum absolute atomic E-state index is 13.0. The molecule has 0 aliphatic carbocycles. The van der Waals surface area contributed by atoms with Gasteiger partial charge in [0.05, 0.1) is 5.56 Å². The molecule has 2 amide bonds. The van der Waals surface area contributed by atoms with Gasteiger partial charge in [0, 0.05) is 24.9 Å². The van der Waals surface area contributed by atoms with Crippen LogP contribution in [0, 0.1) is 6.92 Å². The van der Waals surface area contributed by atoms with Crippen molar-refractivity contribution in [1.29, 1.82) is 0 Å². The Morgan fingerprint density at radius 3 is 2.38 bits per heavy atom. The fourth-order valence-corrected chi connectivity index (χ4v) is 4.39. The molecule has 126 valence electrons. The Bertz CT molecular complexity index is 746. The third-order valence-corrected chi connectivity index (χ3v) is 5.59. The van der Waals surface area contributed by atoms with Crippen LogP contribution in [0.3, 0.4) is 0 Å². The second-order valence-corrected chi connectivity index (χ2v) is 7.18. The van der Waals surface area contributed by atoms with E-state index >= 15 is 0 Å². The molecular weight excluding hydrogens is 320 g/mol. The zero-order chi connectivity index (χ0) is 17.1. The molecule has 5 heteroatoms. The van der Waals surface area contributed by atoms with Crippen LogP contribution >= 0.6 is 11.3 Å². The first-order chi connectivity index (χ1) is 11.6. The maximum Gasteiger partial charge on any atom is 0.257 e. The zero-order valence-electron chi connectivity index (χ0n) is 14.1. The van der Waals surface area contributed by atoms with Gasteiger partial charge in [0.1, 0.15) is 5.00 Å². The first-order valence-corrected chi connectivity index (χ1v) is 9.15. The number of carbonyl (C=O) groups excluding carboxylic acids is 2. The number of rotatable bonds is 3. The number of anilines is 1. The van der Waals surface area contributed by atoms with Crippen molar-refractivity contribution < 1.29 is 9.59 Å². The van der Waals surface area contributed by atoms with E-state index in [1.54, 1.807) is 0 Å². The summed E-state index contributed by atoms with van der Waals surface area (Å²) in [5.41, 5.74) is 2.67. The highest BCUT2D eigenvalue weighted by Gasteiger charge is 2.27. The fourth-order valence-electron chi connectivity index (χ4n) is 3.14. The molecule has 0 bridgehead atoms. The summed E-state index contributed by atoms with van der Waals surface area (Å²) in [4.78, 5) is 27.6. The van der Waals surface area contributed by atoms with E-state index in [0.717, 1.165) is 41.9 Å². The molecule has 0 saturated carbocycles. The number of hydrogen-bond acceptors (Lipinski definition) is 3. The van der Waals surface area contributed by atoms with Gasteiger partial charge in [0.25, 0.3) is 5.91 Å². The molecule has 0 atom stereocenters. The summed E-state index contributed by atoms with van der Waals surface area (Å²) in [6.45, 7) is 5.05. The van der Waals surface area contributed by atoms with Crippen molar-refractivity contribution in [1.82, 2.24) is 4.90 Å². The summed E-state index contributed by atoms with van der Waals surface area (Å²) in [6.07, 6.45) is 3.28. The first-order valence-electron chi connectivity index (χ1n) is 8.33. The molecule has 1 fully saturated rings. The largest absolute Gasteiger partial charge is 0.339 e. The summed E-state index contributed by atoms with van der Waals surface area (Å²) >= 11 is 1.48. The molecule has 3 rings (SSSR count). The summed E-state index contributed by atoms with van der Waals surface area (Å²) in [6, 6.07) is 10.0. The van der Waals surface area contributed by atoms with Crippen LogP contribution in [-0.2, 0) is 4.79 Å². The van der Waals surface area contributed by atoms with Gasteiger partial charge in [0.15, 0.2) is 0 Å². The van der Waals surface area contributed by atoms with Crippen LogP contribution in [0.5, 0.6) is 0 Å². The minimum atomic E-state index is -0.149. The first kappa shape index (κ1) is 16.7. The molecule has 1 aliphatic rings. The van der Waals surface area contributed by atoms with Crippen molar-refractivity contribution in [2.75, 3.05) is 18.4 Å². The van der Waals surface area contributed by atoms with Gasteiger partial charge in [-0.1, -0.05) is 30.3 Å². The number of nitrogens with one attached hydrogen (secondary N) is 1. The van der Waals surface area contributed by atoms with Gasteiger partial charge in [-0.15, -0.1) is 11.3 Å². The Kier molecular flexibility index (Phi) is 5.00. The van der Waals surface area contributed by atoms with Gasteiger partial charge in [-0.2, -0.15) is 0 Å². The standard InChI is InChI=1S/C19H22N2O2S/c1-13-16(19(23)21-11-7-4-8-12-21)18(20-14(2)22)24-17(13)15-9-5-3-6-10-15/h3,5-6,9-10H,4,7-8,11-12H2,1-2H3,(H,20,22). The SMILES string of the molecule is CC(=O)Nc1sc(-c2ccccc2)c(C)c1C(=O)N1CCCCC1. The molecule has 1 N–H and O–H groups in total. The van der Waals surface area contributed by atoms with E-state index in [4.69, 9.17) is 0 Å². The molecule has 1 aliphatic heterocycles. The number of likely N-dealkylation sites (tertiary alicyclic amines) is 1. The highest BCUT2D eigenvalue weighted by atomic mass is 32.1. The van der Waals surface area contributed by atoms with Crippen LogP contribution in [0.15, 0.2) is 30.3 Å². The monoisotopic (exact) mass is 342 g/mol. The average molecular weight is 342 g/mol. The van der Waals surface area contributed by atoms with Crippen molar-refractivity contribution in [3.05, 3.63) is 41.5 Å². The second kappa shape index (κ2) is 7.18. The van der Waals surface area contributed by atoms with Crippen LogP contribution in [0.1, 0.15) is 42.1 Å². The van der Waals surface area contributed by atoms with E-state index < -0.39 is 0 Å². The van der Waals surface area contributed by atoms with Crippen molar-refractivity contribution >= 4 is 28.2 Å². The van der Waals surface area contributed by atoms with E-state index in [9.17, 15) is 9.59 Å². The van der Waals surface area contributed by atoms with Crippen LogP contribution < -0.4 is 5.32 Å². The number of hydrogen-bond donors (Lipinski definition) is 1. The second-order valence-electron chi connectivity index (χ2n) is 6.16. The number of carbonyl (C=O) groups is 2. The number of amides is 2. The van der Waals surface area contributed by atoms with Crippen molar-refractivity contribution in [2.45, 2.75) is 33.1 Å². The van der Waals surface area contributed by atoms with Crippen molar-refractivity contribution in [3.8, 4) is 10.4 Å². The van der Waals surface area contributed by atoms with Gasteiger partial charge in [0.2, 0.25) is 5.91 Å². The van der Waals surface area contributed by atoms with E-state index in [0.29, 0.717) is 10.6 Å². The third-order valence-electron chi connectivity index (χ3n) is 4.33. The average Bonchev–Trinajstić information content (AvgIpc) is 2.91. The highest BCUT2D eigenvalue weighted by Crippen LogP contribution is 2.40. The minimum Gasteiger partial charge on any atom is -0.339 e. The normalized spacial score (nSPS) is 14.5. The molecule has 1 saturated heterocycles. The lowest BCUT2D eigenvalue weighted by Gasteiger charge is -2.27. The van der Waals surface area contributed by atoms with Crippen molar-refractivity contribution in [2.24, 2.45) is 0 Å². The van der Waals surface area contributed by atoms with E-state index in [-0.39, 0.29) is 11.8 Å². The van der Waals surface area contributed by atoms with Crippen LogP contribution in [0.4, 0.5) is 5.00 Å². The van der Waals surface area contributed by atoms with Gasteiger partial charge in [-0.05, 0) is 37.3 Å². The number of piperidine rings is 1. The van der Waals surface area contributed by atoms with Gasteiger partial charge >= 0.3 is 0 Å². The molecule has 0 spiro atoms. The lowest BCUT2D eigenvalue weighted by atomic mass is 10.0. The Morgan fingerprint density at radius 1 is 1.08 bits per heavy atom. The van der Waals surface area contributed by atoms with Crippen LogP contribution in [0.25, 0.3) is 10.4 Å². The smallest absolute Gasteiger partial charge is 0.257 e. The molecular formula is C19H22N2O2S. The Hall–Kier alpha value is -2.14. The van der Waals surface area contributed by atoms with Crippen LogP contribution in [-0.4, -0.2) is 29.8 Å². The van der Waals surface area contributed by atoms with E-state index in [1.165, 1.54) is 24.7 Å². The van der Waals surface area contributed by atoms with Crippen LogP contribution in [0.2, 0.25) is 0 Å². The molecule has 0 unspecified atom stereocenters. The molecule has 2 aromatic rings. The molecule has 1 aromatic heterocycles. The lowest BCUT2D eigenvalue weighted by Crippen LogP contribution is -2.36. The number of benzene rings is 1. The lowest BCUT2D eigenvalue weighted by molar-refractivity contribution is -0.114. The summed E-state index contributed by atoms with van der Waals surface area (Å²) in [5, 5.41) is 3.52. The number of nitrogens with zero attached hydrogens (tertiary/aromatic N) is 1. The number of thiophene rings is 1. The summed E-state index contributed by atoms with van der Waals surface area (Å²) in [7, 11) is 0. The molecule has 4 nitrogen and oxygen atoms in total. The maximum atomic E-state index is 13.0. The van der Waals surface area contributed by atoms with E-state index in [2.05, 4.69) is 5.32 Å². The molecule has 24 heavy (non-hydrogen) atoms. The zero-order valence-corrected chi connectivity index (χ0v) is 14.9.